The highest BCUT2D eigenvalue weighted by molar-refractivity contribution is 5.90. The van der Waals surface area contributed by atoms with Crippen molar-refractivity contribution in [2.45, 2.75) is 18.8 Å². The van der Waals surface area contributed by atoms with Crippen LogP contribution in [-0.2, 0) is 16.0 Å². The summed E-state index contributed by atoms with van der Waals surface area (Å²) < 4.78 is 41.6. The standard InChI is InChI=1S/C20H15F3N2O2/c1-24-13-7-17(22)19(18(23)8-13)16-10-25-20(27)15(16)9-14(26)6-11-2-4-12(21)5-3-11/h2-5,7-8,15-16H,6,9-10H2,(H,25,27)/t15-,16+/m0/s1. The summed E-state index contributed by atoms with van der Waals surface area (Å²) in [4.78, 5) is 27.5. The molecule has 0 unspecified atom stereocenters. The number of ketones is 1. The Kier molecular flexibility index (Phi) is 5.26. The van der Waals surface area contributed by atoms with Crippen LogP contribution in [-0.4, -0.2) is 18.2 Å². The molecule has 0 saturated carbocycles. The summed E-state index contributed by atoms with van der Waals surface area (Å²) in [5.41, 5.74) is 0.130. The number of hydrogen-bond donors (Lipinski definition) is 1. The largest absolute Gasteiger partial charge is 0.355 e. The van der Waals surface area contributed by atoms with Gasteiger partial charge in [0.1, 0.15) is 23.2 Å². The van der Waals surface area contributed by atoms with Crippen LogP contribution in [0.25, 0.3) is 4.85 Å². The van der Waals surface area contributed by atoms with E-state index < -0.39 is 35.2 Å². The van der Waals surface area contributed by atoms with Crippen molar-refractivity contribution in [1.82, 2.24) is 5.32 Å². The van der Waals surface area contributed by atoms with Crippen molar-refractivity contribution < 1.29 is 22.8 Å². The molecule has 2 atom stereocenters. The normalized spacial score (nSPS) is 18.8. The van der Waals surface area contributed by atoms with Crippen LogP contribution < -0.4 is 5.32 Å². The molecular weight excluding hydrogens is 357 g/mol. The van der Waals surface area contributed by atoms with Gasteiger partial charge in [-0.05, 0) is 29.8 Å². The second-order valence-electron chi connectivity index (χ2n) is 6.44. The van der Waals surface area contributed by atoms with Crippen molar-refractivity contribution in [3.05, 3.63) is 76.4 Å². The van der Waals surface area contributed by atoms with Crippen LogP contribution >= 0.6 is 0 Å². The Labute approximate surface area is 153 Å². The minimum absolute atomic E-state index is 0.00158. The van der Waals surface area contributed by atoms with E-state index in [1.807, 2.05) is 0 Å². The molecule has 1 N–H and O–H groups in total. The van der Waals surface area contributed by atoms with Crippen molar-refractivity contribution >= 4 is 17.4 Å². The molecule has 2 aromatic carbocycles. The summed E-state index contributed by atoms with van der Waals surface area (Å²) >= 11 is 0. The second-order valence-corrected chi connectivity index (χ2v) is 6.44. The summed E-state index contributed by atoms with van der Waals surface area (Å²) in [7, 11) is 0. The van der Waals surface area contributed by atoms with Crippen molar-refractivity contribution in [2.75, 3.05) is 6.54 Å². The number of carbonyl (C=O) groups excluding carboxylic acids is 2. The zero-order valence-corrected chi connectivity index (χ0v) is 14.1. The van der Waals surface area contributed by atoms with E-state index in [1.165, 1.54) is 24.3 Å². The van der Waals surface area contributed by atoms with Gasteiger partial charge in [0.2, 0.25) is 5.91 Å². The van der Waals surface area contributed by atoms with E-state index >= 15 is 0 Å². The fourth-order valence-corrected chi connectivity index (χ4v) is 3.34. The van der Waals surface area contributed by atoms with E-state index in [0.717, 1.165) is 12.1 Å². The van der Waals surface area contributed by atoms with Crippen LogP contribution in [0.3, 0.4) is 0 Å². The van der Waals surface area contributed by atoms with Gasteiger partial charge in [-0.3, -0.25) is 9.59 Å². The number of nitrogens with zero attached hydrogens (tertiary/aromatic N) is 1. The van der Waals surface area contributed by atoms with Crippen LogP contribution in [0.4, 0.5) is 18.9 Å². The SMILES string of the molecule is [C-]#[N+]c1cc(F)c([C@@H]2CNC(=O)[C@H]2CC(=O)Cc2ccc(F)cc2)c(F)c1. The number of carbonyl (C=O) groups is 2. The molecule has 1 aliphatic rings. The number of rotatable bonds is 5. The molecule has 0 radical (unpaired) electrons. The van der Waals surface area contributed by atoms with Gasteiger partial charge in [0, 0.05) is 30.9 Å². The summed E-state index contributed by atoms with van der Waals surface area (Å²) in [6.45, 7) is 6.87. The molecule has 1 heterocycles. The van der Waals surface area contributed by atoms with E-state index in [2.05, 4.69) is 10.2 Å². The quantitative estimate of drug-likeness (QED) is 0.814. The summed E-state index contributed by atoms with van der Waals surface area (Å²) in [6.07, 6.45) is -0.185. The summed E-state index contributed by atoms with van der Waals surface area (Å²) in [5, 5.41) is 2.54. The first-order valence-electron chi connectivity index (χ1n) is 8.29. The Hall–Kier alpha value is -3.14. The van der Waals surface area contributed by atoms with Crippen LogP contribution in [0, 0.1) is 29.9 Å². The van der Waals surface area contributed by atoms with Crippen LogP contribution in [0.15, 0.2) is 36.4 Å². The first kappa shape index (κ1) is 18.6. The first-order valence-corrected chi connectivity index (χ1v) is 8.29. The molecule has 0 aliphatic carbocycles. The molecule has 138 valence electrons. The molecule has 0 aromatic heterocycles. The molecular formula is C20H15F3N2O2. The van der Waals surface area contributed by atoms with Gasteiger partial charge in [-0.25, -0.2) is 18.0 Å². The minimum Gasteiger partial charge on any atom is -0.355 e. The van der Waals surface area contributed by atoms with Crippen LogP contribution in [0.1, 0.15) is 23.5 Å². The number of hydrogen-bond acceptors (Lipinski definition) is 2. The average Bonchev–Trinajstić information content (AvgIpc) is 2.97. The third kappa shape index (κ3) is 4.00. The zero-order valence-electron chi connectivity index (χ0n) is 14.1. The number of benzene rings is 2. The first-order chi connectivity index (χ1) is 12.9. The highest BCUT2D eigenvalue weighted by atomic mass is 19.1. The fraction of sp³-hybridized carbons (Fsp3) is 0.250. The van der Waals surface area contributed by atoms with E-state index in [-0.39, 0.29) is 36.4 Å². The topological polar surface area (TPSA) is 50.5 Å². The average molecular weight is 372 g/mol. The lowest BCUT2D eigenvalue weighted by molar-refractivity contribution is -0.127. The van der Waals surface area contributed by atoms with Crippen molar-refractivity contribution in [3.8, 4) is 0 Å². The monoisotopic (exact) mass is 372 g/mol. The highest BCUT2D eigenvalue weighted by Crippen LogP contribution is 2.36. The van der Waals surface area contributed by atoms with E-state index in [0.29, 0.717) is 5.56 Å². The van der Waals surface area contributed by atoms with E-state index in [1.54, 1.807) is 0 Å². The lowest BCUT2D eigenvalue weighted by atomic mass is 9.83. The van der Waals surface area contributed by atoms with Crippen molar-refractivity contribution in [2.24, 2.45) is 5.92 Å². The molecule has 1 fully saturated rings. The maximum atomic E-state index is 14.3. The van der Waals surface area contributed by atoms with Crippen molar-refractivity contribution in [1.29, 1.82) is 0 Å². The fourth-order valence-electron chi connectivity index (χ4n) is 3.34. The molecule has 4 nitrogen and oxygen atoms in total. The molecule has 27 heavy (non-hydrogen) atoms. The molecule has 0 spiro atoms. The van der Waals surface area contributed by atoms with Crippen LogP contribution in [0.2, 0.25) is 0 Å². The van der Waals surface area contributed by atoms with E-state index in [9.17, 15) is 22.8 Å². The Bertz CT molecular complexity index is 912. The van der Waals surface area contributed by atoms with Crippen molar-refractivity contribution in [3.63, 3.8) is 0 Å². The van der Waals surface area contributed by atoms with Gasteiger partial charge in [-0.15, -0.1) is 0 Å². The third-order valence-corrected chi connectivity index (χ3v) is 4.64. The van der Waals surface area contributed by atoms with Gasteiger partial charge in [0.05, 0.1) is 12.5 Å². The molecule has 1 amide bonds. The molecule has 1 aliphatic heterocycles. The Morgan fingerprint density at radius 1 is 1.15 bits per heavy atom. The maximum absolute atomic E-state index is 14.3. The lowest BCUT2D eigenvalue weighted by Gasteiger charge is -2.18. The smallest absolute Gasteiger partial charge is 0.224 e. The summed E-state index contributed by atoms with van der Waals surface area (Å²) in [5.74, 6) is -4.70. The molecule has 3 rings (SSSR count). The minimum atomic E-state index is -0.904. The Balaban J connectivity index is 1.80. The van der Waals surface area contributed by atoms with Gasteiger partial charge >= 0.3 is 0 Å². The number of amides is 1. The number of Topliss-reactive ketones (excluding diaryl/α,β-unsaturated/α-hetero) is 1. The van der Waals surface area contributed by atoms with Gasteiger partial charge < -0.3 is 5.32 Å². The Morgan fingerprint density at radius 2 is 1.78 bits per heavy atom. The zero-order chi connectivity index (χ0) is 19.6. The third-order valence-electron chi connectivity index (χ3n) is 4.64. The molecule has 0 bridgehead atoms. The number of halogens is 3. The Morgan fingerprint density at radius 3 is 2.37 bits per heavy atom. The van der Waals surface area contributed by atoms with Gasteiger partial charge in [-0.1, -0.05) is 12.1 Å². The second kappa shape index (κ2) is 7.62. The molecule has 1 saturated heterocycles. The maximum Gasteiger partial charge on any atom is 0.224 e. The van der Waals surface area contributed by atoms with Gasteiger partial charge in [0.15, 0.2) is 5.69 Å². The molecule has 2 aromatic rings. The lowest BCUT2D eigenvalue weighted by Crippen LogP contribution is -2.23. The highest BCUT2D eigenvalue weighted by Gasteiger charge is 2.39. The summed E-state index contributed by atoms with van der Waals surface area (Å²) in [6, 6.07) is 7.26. The number of nitrogens with one attached hydrogen (secondary N) is 1. The van der Waals surface area contributed by atoms with Gasteiger partial charge in [-0.2, -0.15) is 0 Å². The molecule has 7 heteroatoms. The van der Waals surface area contributed by atoms with Crippen LogP contribution in [0.5, 0.6) is 0 Å². The predicted molar refractivity (Wildman–Crippen MR) is 91.6 cm³/mol. The van der Waals surface area contributed by atoms with E-state index in [4.69, 9.17) is 6.57 Å². The predicted octanol–water partition coefficient (Wildman–Crippen LogP) is 3.69. The van der Waals surface area contributed by atoms with Gasteiger partial charge in [0.25, 0.3) is 0 Å².